The Bertz CT molecular complexity index is 964. The number of rotatable bonds is 4. The van der Waals surface area contributed by atoms with Crippen LogP contribution in [0.1, 0.15) is 21.5 Å². The average molecular weight is 352 g/mol. The van der Waals surface area contributed by atoms with Crippen LogP contribution >= 0.6 is 0 Å². The van der Waals surface area contributed by atoms with Crippen LogP contribution in [0.2, 0.25) is 0 Å². The number of H-pyrrole nitrogens is 1. The summed E-state index contributed by atoms with van der Waals surface area (Å²) < 4.78 is 11.4. The van der Waals surface area contributed by atoms with Gasteiger partial charge < -0.3 is 19.6 Å². The average Bonchev–Trinajstić information content (AvgIpc) is 3.02. The lowest BCUT2D eigenvalue weighted by atomic mass is 10.1. The number of aromatic carboxylic acids is 1. The highest BCUT2D eigenvalue weighted by atomic mass is 16.5. The van der Waals surface area contributed by atoms with Gasteiger partial charge in [-0.15, -0.1) is 0 Å². The van der Waals surface area contributed by atoms with E-state index in [0.717, 1.165) is 40.9 Å². The molecular weight excluding hydrogens is 332 g/mol. The quantitative estimate of drug-likeness (QED) is 0.754. The second kappa shape index (κ2) is 6.72. The highest BCUT2D eigenvalue weighted by Crippen LogP contribution is 2.31. The predicted octanol–water partition coefficient (Wildman–Crippen LogP) is 3.27. The molecule has 2 heterocycles. The van der Waals surface area contributed by atoms with Crippen LogP contribution in [-0.4, -0.2) is 41.2 Å². The number of aromatic amines is 1. The zero-order valence-corrected chi connectivity index (χ0v) is 14.5. The molecule has 26 heavy (non-hydrogen) atoms. The fourth-order valence-electron chi connectivity index (χ4n) is 3.45. The molecule has 0 saturated carbocycles. The number of benzene rings is 2. The first-order chi connectivity index (χ1) is 12.7. The van der Waals surface area contributed by atoms with Gasteiger partial charge in [0.25, 0.3) is 0 Å². The second-order valence-electron chi connectivity index (χ2n) is 6.38. The number of hydrogen-bond acceptors (Lipinski definition) is 4. The van der Waals surface area contributed by atoms with Crippen LogP contribution in [-0.2, 0) is 13.1 Å². The van der Waals surface area contributed by atoms with Crippen molar-refractivity contribution >= 4 is 16.9 Å². The minimum Gasteiger partial charge on any atom is -0.496 e. The zero-order valence-electron chi connectivity index (χ0n) is 14.5. The van der Waals surface area contributed by atoms with Crippen molar-refractivity contribution in [2.75, 3.05) is 20.3 Å². The number of hydrogen-bond donors (Lipinski definition) is 2. The fraction of sp³-hybridized carbons (Fsp3) is 0.250. The molecule has 0 unspecified atom stereocenters. The van der Waals surface area contributed by atoms with Crippen LogP contribution < -0.4 is 9.47 Å². The molecule has 4 rings (SSSR count). The number of carbonyl (C=O) groups is 1. The van der Waals surface area contributed by atoms with Gasteiger partial charge in [0.2, 0.25) is 0 Å². The number of fused-ring (bicyclic) bond motifs is 2. The van der Waals surface area contributed by atoms with Gasteiger partial charge in [0, 0.05) is 47.9 Å². The largest absolute Gasteiger partial charge is 0.496 e. The van der Waals surface area contributed by atoms with E-state index in [1.165, 1.54) is 0 Å². The Morgan fingerprint density at radius 3 is 3.00 bits per heavy atom. The van der Waals surface area contributed by atoms with Crippen molar-refractivity contribution in [3.63, 3.8) is 0 Å². The number of methoxy groups -OCH3 is 1. The Labute approximate surface area is 151 Å². The summed E-state index contributed by atoms with van der Waals surface area (Å²) in [5.41, 5.74) is 3.41. The SMILES string of the molecule is COc1c(CN2CCOc3cc(C(=O)O)ccc3C2)ccc2[nH]ccc12. The first-order valence-electron chi connectivity index (χ1n) is 8.50. The zero-order chi connectivity index (χ0) is 18.1. The number of nitrogens with zero attached hydrogens (tertiary/aromatic N) is 1. The maximum absolute atomic E-state index is 11.2. The van der Waals surface area contributed by atoms with Gasteiger partial charge in [-0.25, -0.2) is 4.79 Å². The summed E-state index contributed by atoms with van der Waals surface area (Å²) in [5.74, 6) is 0.595. The van der Waals surface area contributed by atoms with Gasteiger partial charge in [-0.3, -0.25) is 4.90 Å². The molecule has 3 aromatic rings. The molecule has 134 valence electrons. The van der Waals surface area contributed by atoms with E-state index in [0.29, 0.717) is 18.9 Å². The Balaban J connectivity index is 1.60. The molecule has 0 bridgehead atoms. The van der Waals surface area contributed by atoms with Gasteiger partial charge in [0.05, 0.1) is 12.7 Å². The first kappa shape index (κ1) is 16.5. The van der Waals surface area contributed by atoms with Crippen molar-refractivity contribution < 1.29 is 19.4 Å². The fourth-order valence-corrected chi connectivity index (χ4v) is 3.45. The van der Waals surface area contributed by atoms with Crippen LogP contribution in [0.4, 0.5) is 0 Å². The molecular formula is C20H20N2O4. The summed E-state index contributed by atoms with van der Waals surface area (Å²) in [6.07, 6.45) is 1.91. The van der Waals surface area contributed by atoms with E-state index in [4.69, 9.17) is 14.6 Å². The highest BCUT2D eigenvalue weighted by molar-refractivity contribution is 5.88. The van der Waals surface area contributed by atoms with E-state index in [9.17, 15) is 4.79 Å². The van der Waals surface area contributed by atoms with Gasteiger partial charge in [0.15, 0.2) is 0 Å². The van der Waals surface area contributed by atoms with Gasteiger partial charge >= 0.3 is 5.97 Å². The minimum atomic E-state index is -0.943. The van der Waals surface area contributed by atoms with E-state index < -0.39 is 5.97 Å². The normalized spacial score (nSPS) is 14.5. The van der Waals surface area contributed by atoms with Crippen LogP contribution in [0.3, 0.4) is 0 Å². The number of nitrogens with one attached hydrogen (secondary N) is 1. The van der Waals surface area contributed by atoms with Crippen molar-refractivity contribution in [2.24, 2.45) is 0 Å². The molecule has 0 saturated heterocycles. The molecule has 1 aliphatic heterocycles. The standard InChI is InChI=1S/C20H20N2O4/c1-25-19-15(4-5-17-16(19)6-7-21-17)12-22-8-9-26-18-10-13(20(23)24)2-3-14(18)11-22/h2-7,10,21H,8-9,11-12H2,1H3,(H,23,24). The maximum atomic E-state index is 11.2. The van der Waals surface area contributed by atoms with E-state index in [1.807, 2.05) is 18.3 Å². The number of carboxylic acid groups (broad SMARTS) is 1. The van der Waals surface area contributed by atoms with Gasteiger partial charge in [-0.2, -0.15) is 0 Å². The maximum Gasteiger partial charge on any atom is 0.335 e. The Kier molecular flexibility index (Phi) is 4.26. The molecule has 0 radical (unpaired) electrons. The molecule has 2 aromatic carbocycles. The minimum absolute atomic E-state index is 0.247. The van der Waals surface area contributed by atoms with E-state index >= 15 is 0 Å². The molecule has 0 amide bonds. The number of carboxylic acids is 1. The second-order valence-corrected chi connectivity index (χ2v) is 6.38. The Hall–Kier alpha value is -2.99. The molecule has 0 spiro atoms. The van der Waals surface area contributed by atoms with Crippen molar-refractivity contribution in [1.82, 2.24) is 9.88 Å². The van der Waals surface area contributed by atoms with Crippen LogP contribution in [0.25, 0.3) is 10.9 Å². The molecule has 1 aromatic heterocycles. The topological polar surface area (TPSA) is 74.8 Å². The molecule has 6 nitrogen and oxygen atoms in total. The lowest BCUT2D eigenvalue weighted by Gasteiger charge is -2.21. The summed E-state index contributed by atoms with van der Waals surface area (Å²) in [5, 5.41) is 10.2. The van der Waals surface area contributed by atoms with Crippen LogP contribution in [0.5, 0.6) is 11.5 Å². The van der Waals surface area contributed by atoms with E-state index in [-0.39, 0.29) is 5.56 Å². The van der Waals surface area contributed by atoms with Crippen molar-refractivity contribution in [2.45, 2.75) is 13.1 Å². The lowest BCUT2D eigenvalue weighted by Crippen LogP contribution is -2.25. The summed E-state index contributed by atoms with van der Waals surface area (Å²) >= 11 is 0. The number of aromatic nitrogens is 1. The summed E-state index contributed by atoms with van der Waals surface area (Å²) in [7, 11) is 1.69. The van der Waals surface area contributed by atoms with Crippen molar-refractivity contribution in [1.29, 1.82) is 0 Å². The summed E-state index contributed by atoms with van der Waals surface area (Å²) in [6.45, 7) is 2.70. The third-order valence-electron chi connectivity index (χ3n) is 4.74. The summed E-state index contributed by atoms with van der Waals surface area (Å²) in [6, 6.07) is 11.2. The third kappa shape index (κ3) is 2.99. The third-order valence-corrected chi connectivity index (χ3v) is 4.74. The molecule has 0 atom stereocenters. The van der Waals surface area contributed by atoms with Crippen molar-refractivity contribution in [3.8, 4) is 11.5 Å². The Morgan fingerprint density at radius 1 is 1.31 bits per heavy atom. The molecule has 6 heteroatoms. The van der Waals surface area contributed by atoms with Gasteiger partial charge in [-0.05, 0) is 24.3 Å². The molecule has 0 fully saturated rings. The summed E-state index contributed by atoms with van der Waals surface area (Å²) in [4.78, 5) is 16.6. The Morgan fingerprint density at radius 2 is 2.19 bits per heavy atom. The molecule has 2 N–H and O–H groups in total. The monoisotopic (exact) mass is 352 g/mol. The van der Waals surface area contributed by atoms with E-state index in [1.54, 1.807) is 19.2 Å². The lowest BCUT2D eigenvalue weighted by molar-refractivity contribution is 0.0696. The van der Waals surface area contributed by atoms with Gasteiger partial charge in [0.1, 0.15) is 18.1 Å². The van der Waals surface area contributed by atoms with Gasteiger partial charge in [-0.1, -0.05) is 12.1 Å². The van der Waals surface area contributed by atoms with Crippen molar-refractivity contribution in [3.05, 3.63) is 59.3 Å². The highest BCUT2D eigenvalue weighted by Gasteiger charge is 2.19. The number of ether oxygens (including phenoxy) is 2. The van der Waals surface area contributed by atoms with E-state index in [2.05, 4.69) is 22.0 Å². The predicted molar refractivity (Wildman–Crippen MR) is 97.9 cm³/mol. The first-order valence-corrected chi connectivity index (χ1v) is 8.50. The van der Waals surface area contributed by atoms with Crippen LogP contribution in [0, 0.1) is 0 Å². The van der Waals surface area contributed by atoms with Crippen LogP contribution in [0.15, 0.2) is 42.6 Å². The smallest absolute Gasteiger partial charge is 0.335 e. The molecule has 0 aliphatic carbocycles. The molecule has 1 aliphatic rings.